The number of pyridine rings is 1. The van der Waals surface area contributed by atoms with Crippen LogP contribution >= 0.6 is 11.6 Å². The molecule has 0 saturated carbocycles. The molecular weight excluding hydrogens is 260 g/mol. The Balaban J connectivity index is 2.52. The van der Waals surface area contributed by atoms with Gasteiger partial charge >= 0.3 is 5.97 Å². The molecule has 1 aromatic heterocycles. The first-order valence-electron chi connectivity index (χ1n) is 5.17. The van der Waals surface area contributed by atoms with E-state index in [1.165, 1.54) is 19.4 Å². The first-order chi connectivity index (χ1) is 8.52. The van der Waals surface area contributed by atoms with Crippen molar-refractivity contribution in [3.63, 3.8) is 0 Å². The molecule has 0 aliphatic heterocycles. The standard InChI is InChI=1S/C11H13ClN2O4/c1-18-8(5-10(15)16)6-14-11(17)9-4-7(12)2-3-13-9/h2-4,8H,5-6H2,1H3,(H,14,17)(H,15,16). The highest BCUT2D eigenvalue weighted by Crippen LogP contribution is 2.07. The molecule has 18 heavy (non-hydrogen) atoms. The van der Waals surface area contributed by atoms with E-state index in [9.17, 15) is 9.59 Å². The van der Waals surface area contributed by atoms with E-state index in [0.29, 0.717) is 5.02 Å². The Labute approximate surface area is 109 Å². The molecule has 0 fully saturated rings. The lowest BCUT2D eigenvalue weighted by Gasteiger charge is -2.13. The number of carboxylic acid groups (broad SMARTS) is 1. The van der Waals surface area contributed by atoms with Gasteiger partial charge in [-0.25, -0.2) is 0 Å². The molecule has 98 valence electrons. The number of hydrogen-bond acceptors (Lipinski definition) is 4. The molecule has 1 aromatic rings. The SMILES string of the molecule is COC(CNC(=O)c1cc(Cl)ccn1)CC(=O)O. The van der Waals surface area contributed by atoms with Crippen LogP contribution in [0.1, 0.15) is 16.9 Å². The lowest BCUT2D eigenvalue weighted by atomic mass is 10.2. The van der Waals surface area contributed by atoms with Gasteiger partial charge in [-0.2, -0.15) is 0 Å². The molecule has 0 aromatic carbocycles. The fourth-order valence-corrected chi connectivity index (χ4v) is 1.42. The van der Waals surface area contributed by atoms with Gasteiger partial charge in [-0.1, -0.05) is 11.6 Å². The maximum atomic E-state index is 11.7. The predicted octanol–water partition coefficient (Wildman–Crippen LogP) is 0.955. The van der Waals surface area contributed by atoms with Crippen LogP contribution in [-0.2, 0) is 9.53 Å². The quantitative estimate of drug-likeness (QED) is 0.805. The third kappa shape index (κ3) is 4.68. The molecule has 1 amide bonds. The van der Waals surface area contributed by atoms with E-state index >= 15 is 0 Å². The summed E-state index contributed by atoms with van der Waals surface area (Å²) in [6.45, 7) is 0.0931. The van der Waals surface area contributed by atoms with Crippen LogP contribution in [0.5, 0.6) is 0 Å². The molecule has 0 aliphatic rings. The largest absolute Gasteiger partial charge is 0.481 e. The summed E-state index contributed by atoms with van der Waals surface area (Å²) in [4.78, 5) is 26.0. The fraction of sp³-hybridized carbons (Fsp3) is 0.364. The Kier molecular flexibility index (Phi) is 5.54. The monoisotopic (exact) mass is 272 g/mol. The first-order valence-corrected chi connectivity index (χ1v) is 5.55. The van der Waals surface area contributed by atoms with Crippen LogP contribution in [0.15, 0.2) is 18.3 Å². The number of ether oxygens (including phenoxy) is 1. The minimum Gasteiger partial charge on any atom is -0.481 e. The number of rotatable bonds is 6. The van der Waals surface area contributed by atoms with Crippen molar-refractivity contribution in [2.45, 2.75) is 12.5 Å². The number of carbonyl (C=O) groups excluding carboxylic acids is 1. The van der Waals surface area contributed by atoms with Crippen LogP contribution < -0.4 is 5.32 Å². The van der Waals surface area contributed by atoms with Crippen molar-refractivity contribution in [2.24, 2.45) is 0 Å². The summed E-state index contributed by atoms with van der Waals surface area (Å²) in [7, 11) is 1.39. The van der Waals surface area contributed by atoms with Crippen molar-refractivity contribution < 1.29 is 19.4 Å². The number of halogens is 1. The molecule has 6 nitrogen and oxygen atoms in total. The molecule has 0 bridgehead atoms. The van der Waals surface area contributed by atoms with Crippen molar-refractivity contribution >= 4 is 23.5 Å². The summed E-state index contributed by atoms with van der Waals surface area (Å²) in [6.07, 6.45) is 0.660. The van der Waals surface area contributed by atoms with E-state index in [2.05, 4.69) is 10.3 Å². The number of hydrogen-bond donors (Lipinski definition) is 2. The van der Waals surface area contributed by atoms with E-state index in [1.807, 2.05) is 0 Å². The van der Waals surface area contributed by atoms with Gasteiger partial charge in [0.2, 0.25) is 0 Å². The maximum Gasteiger partial charge on any atom is 0.306 e. The normalized spacial score (nSPS) is 11.9. The van der Waals surface area contributed by atoms with Crippen molar-refractivity contribution in [1.29, 1.82) is 0 Å². The minimum atomic E-state index is -0.989. The molecule has 0 radical (unpaired) electrons. The number of nitrogens with one attached hydrogen (secondary N) is 1. The highest BCUT2D eigenvalue weighted by molar-refractivity contribution is 6.30. The van der Waals surface area contributed by atoms with Gasteiger partial charge in [0.1, 0.15) is 5.69 Å². The van der Waals surface area contributed by atoms with Gasteiger partial charge in [0, 0.05) is 24.9 Å². The zero-order valence-corrected chi connectivity index (χ0v) is 10.5. The fourth-order valence-electron chi connectivity index (χ4n) is 1.26. The van der Waals surface area contributed by atoms with E-state index in [0.717, 1.165) is 0 Å². The van der Waals surface area contributed by atoms with Gasteiger partial charge < -0.3 is 15.2 Å². The second-order valence-electron chi connectivity index (χ2n) is 3.52. The number of aromatic nitrogens is 1. The highest BCUT2D eigenvalue weighted by Gasteiger charge is 2.14. The number of carbonyl (C=O) groups is 2. The summed E-state index contributed by atoms with van der Waals surface area (Å²) < 4.78 is 4.93. The van der Waals surface area contributed by atoms with E-state index in [4.69, 9.17) is 21.4 Å². The molecule has 1 atom stereocenters. The summed E-state index contributed by atoms with van der Waals surface area (Å²) in [6, 6.07) is 2.98. The van der Waals surface area contributed by atoms with Gasteiger partial charge in [0.15, 0.2) is 0 Å². The highest BCUT2D eigenvalue weighted by atomic mass is 35.5. The van der Waals surface area contributed by atoms with Crippen LogP contribution in [0.25, 0.3) is 0 Å². The van der Waals surface area contributed by atoms with E-state index < -0.39 is 18.0 Å². The molecule has 0 spiro atoms. The molecule has 1 unspecified atom stereocenters. The van der Waals surface area contributed by atoms with E-state index in [1.54, 1.807) is 6.07 Å². The summed E-state index contributed by atoms with van der Waals surface area (Å²) >= 11 is 5.73. The topological polar surface area (TPSA) is 88.5 Å². The van der Waals surface area contributed by atoms with Gasteiger partial charge in [0.05, 0.1) is 12.5 Å². The Bertz CT molecular complexity index is 439. The average molecular weight is 273 g/mol. The van der Waals surface area contributed by atoms with Crippen LogP contribution in [0.2, 0.25) is 5.02 Å². The van der Waals surface area contributed by atoms with E-state index in [-0.39, 0.29) is 18.7 Å². The third-order valence-corrected chi connectivity index (χ3v) is 2.42. The Morgan fingerprint density at radius 3 is 2.89 bits per heavy atom. The van der Waals surface area contributed by atoms with Gasteiger partial charge in [-0.05, 0) is 12.1 Å². The summed E-state index contributed by atoms with van der Waals surface area (Å²) in [5.74, 6) is -1.41. The van der Waals surface area contributed by atoms with Crippen molar-refractivity contribution in [1.82, 2.24) is 10.3 Å². The van der Waals surface area contributed by atoms with Gasteiger partial charge in [-0.15, -0.1) is 0 Å². The van der Waals surface area contributed by atoms with Crippen molar-refractivity contribution in [3.8, 4) is 0 Å². The number of nitrogens with zero attached hydrogens (tertiary/aromatic N) is 1. The summed E-state index contributed by atoms with van der Waals surface area (Å²) in [5, 5.41) is 11.6. The lowest BCUT2D eigenvalue weighted by molar-refractivity contribution is -0.139. The molecule has 2 N–H and O–H groups in total. The van der Waals surface area contributed by atoms with Crippen molar-refractivity contribution in [2.75, 3.05) is 13.7 Å². The zero-order chi connectivity index (χ0) is 13.5. The van der Waals surface area contributed by atoms with Gasteiger partial charge in [0.25, 0.3) is 5.91 Å². The summed E-state index contributed by atoms with van der Waals surface area (Å²) in [5.41, 5.74) is 0.174. The second kappa shape index (κ2) is 6.93. The Morgan fingerprint density at radius 2 is 2.33 bits per heavy atom. The van der Waals surface area contributed by atoms with Crippen LogP contribution in [-0.4, -0.2) is 41.7 Å². The van der Waals surface area contributed by atoms with Crippen molar-refractivity contribution in [3.05, 3.63) is 29.0 Å². The Morgan fingerprint density at radius 1 is 1.61 bits per heavy atom. The second-order valence-corrected chi connectivity index (χ2v) is 3.96. The molecule has 0 aliphatic carbocycles. The predicted molar refractivity (Wildman–Crippen MR) is 64.6 cm³/mol. The molecular formula is C11H13ClN2O4. The molecule has 1 heterocycles. The zero-order valence-electron chi connectivity index (χ0n) is 9.72. The Hall–Kier alpha value is -1.66. The molecule has 7 heteroatoms. The first kappa shape index (κ1) is 14.4. The lowest BCUT2D eigenvalue weighted by Crippen LogP contribution is -2.34. The maximum absolute atomic E-state index is 11.7. The number of aliphatic carboxylic acids is 1. The van der Waals surface area contributed by atoms with Crippen LogP contribution in [0, 0.1) is 0 Å². The molecule has 1 rings (SSSR count). The molecule has 0 saturated heterocycles. The third-order valence-electron chi connectivity index (χ3n) is 2.18. The van der Waals surface area contributed by atoms with Gasteiger partial charge in [-0.3, -0.25) is 14.6 Å². The number of methoxy groups -OCH3 is 1. The van der Waals surface area contributed by atoms with Crippen LogP contribution in [0.4, 0.5) is 0 Å². The average Bonchev–Trinajstić information content (AvgIpc) is 2.33. The minimum absolute atomic E-state index is 0.0931. The number of amides is 1. The number of carboxylic acids is 1. The van der Waals surface area contributed by atoms with Crippen LogP contribution in [0.3, 0.4) is 0 Å². The smallest absolute Gasteiger partial charge is 0.306 e.